The van der Waals surface area contributed by atoms with Crippen molar-refractivity contribution in [2.24, 2.45) is 4.99 Å². The Kier molecular flexibility index (Phi) is 6.55. The molecule has 0 spiro atoms. The molecule has 0 bridgehead atoms. The van der Waals surface area contributed by atoms with Gasteiger partial charge in [-0.1, -0.05) is 6.58 Å². The van der Waals surface area contributed by atoms with Gasteiger partial charge in [-0.3, -0.25) is 34.6 Å². The zero-order valence-corrected chi connectivity index (χ0v) is 17.1. The van der Waals surface area contributed by atoms with Crippen LogP contribution in [0.2, 0.25) is 0 Å². The molecule has 2 rings (SSSR count). The average Bonchev–Trinajstić information content (AvgIpc) is 2.62. The van der Waals surface area contributed by atoms with E-state index in [1.165, 1.54) is 12.3 Å². The molecule has 1 aromatic heterocycles. The highest BCUT2D eigenvalue weighted by molar-refractivity contribution is 6.23. The zero-order valence-electron chi connectivity index (χ0n) is 17.1. The number of nitro groups is 1. The van der Waals surface area contributed by atoms with Gasteiger partial charge in [-0.25, -0.2) is 4.79 Å². The summed E-state index contributed by atoms with van der Waals surface area (Å²) in [6, 6.07) is 1.90. The third-order valence-corrected chi connectivity index (χ3v) is 4.07. The predicted octanol–water partition coefficient (Wildman–Crippen LogP) is 1.60. The molecule has 30 heavy (non-hydrogen) atoms. The summed E-state index contributed by atoms with van der Waals surface area (Å²) < 4.78 is 6.25. The monoisotopic (exact) mass is 417 g/mol. The van der Waals surface area contributed by atoms with Gasteiger partial charge in [0.05, 0.1) is 16.7 Å². The van der Waals surface area contributed by atoms with Gasteiger partial charge in [0.25, 0.3) is 0 Å². The lowest BCUT2D eigenvalue weighted by atomic mass is 9.95. The van der Waals surface area contributed by atoms with Crippen LogP contribution in [-0.2, 0) is 9.53 Å². The molecular formula is C19H23N5O6. The van der Waals surface area contributed by atoms with Gasteiger partial charge in [0.2, 0.25) is 6.41 Å². The first-order valence-corrected chi connectivity index (χ1v) is 9.00. The number of pyridine rings is 1. The Hall–Kier alpha value is -3.76. The second-order valence-corrected chi connectivity index (χ2v) is 7.46. The van der Waals surface area contributed by atoms with E-state index >= 15 is 0 Å². The molecule has 0 fully saturated rings. The van der Waals surface area contributed by atoms with Crippen molar-refractivity contribution in [3.63, 3.8) is 0 Å². The Morgan fingerprint density at radius 3 is 2.70 bits per heavy atom. The van der Waals surface area contributed by atoms with E-state index in [2.05, 4.69) is 22.2 Å². The Labute approximate surface area is 172 Å². The minimum absolute atomic E-state index is 0.0329. The molecule has 2 amide bonds. The number of hydrogen-bond acceptors (Lipinski definition) is 7. The van der Waals surface area contributed by atoms with Crippen LogP contribution in [0.15, 0.2) is 45.8 Å². The van der Waals surface area contributed by atoms with Gasteiger partial charge in [-0.2, -0.15) is 0 Å². The first kappa shape index (κ1) is 22.5. The molecule has 2 N–H and O–H groups in total. The van der Waals surface area contributed by atoms with Crippen molar-refractivity contribution < 1.29 is 19.2 Å². The summed E-state index contributed by atoms with van der Waals surface area (Å²) in [6.45, 7) is 10.7. The topological polar surface area (TPSA) is 145 Å². The molecule has 0 aliphatic carbocycles. The molecular weight excluding hydrogens is 394 g/mol. The highest BCUT2D eigenvalue weighted by Crippen LogP contribution is 2.27. The van der Waals surface area contributed by atoms with Gasteiger partial charge in [0, 0.05) is 24.4 Å². The number of amides is 2. The first-order valence-electron chi connectivity index (χ1n) is 9.00. The summed E-state index contributed by atoms with van der Waals surface area (Å²) in [5.74, 6) is -0.0329. The van der Waals surface area contributed by atoms with E-state index in [0.717, 1.165) is 10.6 Å². The molecule has 2 heterocycles. The minimum Gasteiger partial charge on any atom is -0.444 e. The van der Waals surface area contributed by atoms with Gasteiger partial charge in [0.1, 0.15) is 5.60 Å². The molecule has 0 saturated heterocycles. The van der Waals surface area contributed by atoms with Crippen LogP contribution in [0.25, 0.3) is 5.70 Å². The van der Waals surface area contributed by atoms with Crippen LogP contribution in [0.3, 0.4) is 0 Å². The Morgan fingerprint density at radius 1 is 1.47 bits per heavy atom. The Balaban J connectivity index is 2.68. The number of hydrogen-bond donors (Lipinski definition) is 2. The highest BCUT2D eigenvalue weighted by Gasteiger charge is 2.30. The number of aromatic nitrogens is 1. The maximum absolute atomic E-state index is 12.7. The van der Waals surface area contributed by atoms with Gasteiger partial charge >= 0.3 is 17.3 Å². The number of nitrogens with one attached hydrogen (secondary N) is 2. The lowest BCUT2D eigenvalue weighted by Crippen LogP contribution is -2.42. The third kappa shape index (κ3) is 4.99. The summed E-state index contributed by atoms with van der Waals surface area (Å²) in [6.07, 6.45) is 0.951. The van der Waals surface area contributed by atoms with E-state index in [9.17, 15) is 24.5 Å². The highest BCUT2D eigenvalue weighted by atomic mass is 16.6. The maximum atomic E-state index is 12.7. The van der Waals surface area contributed by atoms with Crippen molar-refractivity contribution in [2.45, 2.75) is 39.3 Å². The molecule has 0 radical (unpaired) electrons. The summed E-state index contributed by atoms with van der Waals surface area (Å²) in [5, 5.41) is 16.2. The fourth-order valence-corrected chi connectivity index (χ4v) is 2.77. The molecule has 11 heteroatoms. The number of nitrogens with zero attached hydrogens (tertiary/aromatic N) is 3. The van der Waals surface area contributed by atoms with Crippen LogP contribution in [0.4, 0.5) is 10.5 Å². The number of ether oxygens (including phenoxy) is 1. The molecule has 11 nitrogen and oxygen atoms in total. The number of dihydropyridines is 1. The fourth-order valence-electron chi connectivity index (χ4n) is 2.77. The predicted molar refractivity (Wildman–Crippen MR) is 110 cm³/mol. The standard InChI is InChI=1S/C19H23N5O6/c1-11-12(2)21-16(22-18(27)30-19(3,4)5)15(13(11)9-20-10-25)23-8-6-7-14(17(23)26)24(28)29/h6-8,10,12H,1,9H2,2-5H3,(H,20,25)(H,21,22,27). The summed E-state index contributed by atoms with van der Waals surface area (Å²) in [7, 11) is 0. The molecule has 1 atom stereocenters. The molecule has 0 aromatic carbocycles. The molecule has 0 saturated carbocycles. The normalized spacial score (nSPS) is 16.6. The van der Waals surface area contributed by atoms with Crippen molar-refractivity contribution in [3.8, 4) is 0 Å². The molecule has 160 valence electrons. The number of rotatable bonds is 5. The summed E-state index contributed by atoms with van der Waals surface area (Å²) in [4.78, 5) is 50.7. The van der Waals surface area contributed by atoms with Crippen molar-refractivity contribution in [3.05, 3.63) is 56.5 Å². The SMILES string of the molecule is C=C1C(CNC=O)=C(n2cccc([N+](=O)[O-])c2=O)C(NC(=O)OC(C)(C)C)=NC1C. The van der Waals surface area contributed by atoms with Crippen molar-refractivity contribution in [2.75, 3.05) is 6.54 Å². The lowest BCUT2D eigenvalue weighted by Gasteiger charge is -2.28. The molecule has 1 unspecified atom stereocenters. The number of carbonyl (C=O) groups is 2. The molecule has 1 aliphatic heterocycles. The van der Waals surface area contributed by atoms with Gasteiger partial charge in [0.15, 0.2) is 5.84 Å². The van der Waals surface area contributed by atoms with Crippen LogP contribution in [0.1, 0.15) is 27.7 Å². The minimum atomic E-state index is -0.929. The fraction of sp³-hybridized carbons (Fsp3) is 0.368. The van der Waals surface area contributed by atoms with Crippen molar-refractivity contribution in [1.82, 2.24) is 15.2 Å². The molecule has 1 aromatic rings. The summed E-state index contributed by atoms with van der Waals surface area (Å²) in [5.41, 5.74) is -1.45. The number of carbonyl (C=O) groups excluding carboxylic acids is 2. The number of alkyl carbamates (subject to hydrolysis) is 1. The lowest BCUT2D eigenvalue weighted by molar-refractivity contribution is -0.386. The Bertz CT molecular complexity index is 1010. The average molecular weight is 417 g/mol. The second-order valence-electron chi connectivity index (χ2n) is 7.46. The van der Waals surface area contributed by atoms with Crippen LogP contribution >= 0.6 is 0 Å². The van der Waals surface area contributed by atoms with Crippen molar-refractivity contribution in [1.29, 1.82) is 0 Å². The number of amidine groups is 1. The van der Waals surface area contributed by atoms with Crippen LogP contribution < -0.4 is 16.2 Å². The zero-order chi connectivity index (χ0) is 22.6. The van der Waals surface area contributed by atoms with Crippen LogP contribution in [0.5, 0.6) is 0 Å². The van der Waals surface area contributed by atoms with E-state index in [1.54, 1.807) is 27.7 Å². The van der Waals surface area contributed by atoms with Crippen LogP contribution in [-0.4, -0.2) is 46.0 Å². The smallest absolute Gasteiger partial charge is 0.413 e. The molecule has 1 aliphatic rings. The van der Waals surface area contributed by atoms with Gasteiger partial charge < -0.3 is 10.1 Å². The van der Waals surface area contributed by atoms with Gasteiger partial charge in [-0.05, 0) is 39.3 Å². The van der Waals surface area contributed by atoms with E-state index in [0.29, 0.717) is 17.6 Å². The second kappa shape index (κ2) is 8.72. The number of aliphatic imine (C=N–C) groups is 1. The largest absolute Gasteiger partial charge is 0.444 e. The van der Waals surface area contributed by atoms with E-state index < -0.39 is 33.9 Å². The Morgan fingerprint density at radius 2 is 2.13 bits per heavy atom. The first-order chi connectivity index (χ1) is 14.0. The van der Waals surface area contributed by atoms with E-state index in [4.69, 9.17) is 4.74 Å². The van der Waals surface area contributed by atoms with Crippen molar-refractivity contribution >= 4 is 29.7 Å². The third-order valence-electron chi connectivity index (χ3n) is 4.07. The van der Waals surface area contributed by atoms with Crippen LogP contribution in [0, 0.1) is 10.1 Å². The maximum Gasteiger partial charge on any atom is 0.413 e. The van der Waals surface area contributed by atoms with E-state index in [-0.39, 0.29) is 18.1 Å². The van der Waals surface area contributed by atoms with E-state index in [1.807, 2.05) is 0 Å². The summed E-state index contributed by atoms with van der Waals surface area (Å²) >= 11 is 0. The quantitative estimate of drug-likeness (QED) is 0.423. The van der Waals surface area contributed by atoms with Gasteiger partial charge in [-0.15, -0.1) is 0 Å².